The molecule has 0 bridgehead atoms. The van der Waals surface area contributed by atoms with Crippen LogP contribution in [0.25, 0.3) is 0 Å². The molecule has 0 aliphatic carbocycles. The van der Waals surface area contributed by atoms with Crippen molar-refractivity contribution in [1.29, 1.82) is 0 Å². The summed E-state index contributed by atoms with van der Waals surface area (Å²) in [7, 11) is 3.33. The smallest absolute Gasteiger partial charge is 0.227 e. The maximum atomic E-state index is 11.8. The summed E-state index contributed by atoms with van der Waals surface area (Å²) in [5.74, 6) is -0.159. The summed E-state index contributed by atoms with van der Waals surface area (Å²) in [6, 6.07) is 0. The van der Waals surface area contributed by atoms with Gasteiger partial charge in [0, 0.05) is 26.1 Å². The Morgan fingerprint density at radius 1 is 1.33 bits per heavy atom. The summed E-state index contributed by atoms with van der Waals surface area (Å²) in [6.45, 7) is 7.88. The van der Waals surface area contributed by atoms with Crippen LogP contribution in [0.4, 0.5) is 0 Å². The predicted octanol–water partition coefficient (Wildman–Crippen LogP) is 0.873. The lowest BCUT2D eigenvalue weighted by atomic mass is 9.94. The van der Waals surface area contributed by atoms with Crippen molar-refractivity contribution in [3.63, 3.8) is 0 Å². The van der Waals surface area contributed by atoms with E-state index in [0.29, 0.717) is 6.54 Å². The van der Waals surface area contributed by atoms with Gasteiger partial charge in [0.05, 0.1) is 5.92 Å². The molecule has 0 rings (SSSR count). The molecule has 0 aromatic carbocycles. The lowest BCUT2D eigenvalue weighted by Gasteiger charge is -2.27. The number of hydrogen-bond donors (Lipinski definition) is 1. The van der Waals surface area contributed by atoms with Crippen LogP contribution in [0.15, 0.2) is 0 Å². The second kappa shape index (κ2) is 5.14. The summed E-state index contributed by atoms with van der Waals surface area (Å²) < 4.78 is 0. The average Bonchev–Trinajstić information content (AvgIpc) is 2.13. The van der Waals surface area contributed by atoms with Gasteiger partial charge in [0.25, 0.3) is 0 Å². The molecule has 15 heavy (non-hydrogen) atoms. The third-order valence-electron chi connectivity index (χ3n) is 2.23. The van der Waals surface area contributed by atoms with Crippen LogP contribution in [-0.2, 0) is 9.59 Å². The first kappa shape index (κ1) is 13.9. The molecule has 1 N–H and O–H groups in total. The van der Waals surface area contributed by atoms with Crippen molar-refractivity contribution in [1.82, 2.24) is 10.2 Å². The van der Waals surface area contributed by atoms with Gasteiger partial charge in [-0.3, -0.25) is 9.59 Å². The second-order valence-corrected chi connectivity index (χ2v) is 4.95. The third-order valence-corrected chi connectivity index (χ3v) is 2.23. The number of carbonyl (C=O) groups is 2. The zero-order valence-electron chi connectivity index (χ0n) is 10.5. The highest BCUT2D eigenvalue weighted by molar-refractivity contribution is 5.83. The Bertz CT molecular complexity index is 243. The summed E-state index contributed by atoms with van der Waals surface area (Å²) in [5.41, 5.74) is -0.392. The van der Waals surface area contributed by atoms with Crippen LogP contribution in [0.2, 0.25) is 0 Å². The fourth-order valence-corrected chi connectivity index (χ4v) is 1.40. The van der Waals surface area contributed by atoms with E-state index in [4.69, 9.17) is 0 Å². The highest BCUT2D eigenvalue weighted by atomic mass is 16.2. The number of hydrogen-bond acceptors (Lipinski definition) is 2. The standard InChI is InChI=1S/C11H22N2O2/c1-8(9(14)12-5)7-13(6)10(15)11(2,3)4/h8H,7H2,1-6H3,(H,12,14). The second-order valence-electron chi connectivity index (χ2n) is 4.95. The largest absolute Gasteiger partial charge is 0.359 e. The van der Waals surface area contributed by atoms with Gasteiger partial charge in [-0.15, -0.1) is 0 Å². The fourth-order valence-electron chi connectivity index (χ4n) is 1.40. The Morgan fingerprint density at radius 2 is 1.80 bits per heavy atom. The molecule has 0 heterocycles. The molecule has 2 amide bonds. The molecule has 1 unspecified atom stereocenters. The highest BCUT2D eigenvalue weighted by Gasteiger charge is 2.26. The maximum absolute atomic E-state index is 11.8. The molecule has 0 aliphatic rings. The van der Waals surface area contributed by atoms with Crippen LogP contribution in [0, 0.1) is 11.3 Å². The van der Waals surface area contributed by atoms with Gasteiger partial charge in [-0.1, -0.05) is 27.7 Å². The molecule has 0 aromatic heterocycles. The minimum Gasteiger partial charge on any atom is -0.359 e. The minimum atomic E-state index is -0.392. The number of carbonyl (C=O) groups excluding carboxylic acids is 2. The quantitative estimate of drug-likeness (QED) is 0.758. The van der Waals surface area contributed by atoms with Crippen molar-refractivity contribution in [2.75, 3.05) is 20.6 Å². The molecule has 4 heteroatoms. The van der Waals surface area contributed by atoms with E-state index >= 15 is 0 Å². The van der Waals surface area contributed by atoms with E-state index in [9.17, 15) is 9.59 Å². The minimum absolute atomic E-state index is 0.0384. The molecule has 0 saturated carbocycles. The molecule has 0 aromatic rings. The molecular formula is C11H22N2O2. The molecule has 1 atom stereocenters. The SMILES string of the molecule is CNC(=O)C(C)CN(C)C(=O)C(C)(C)C. The van der Waals surface area contributed by atoms with Crippen LogP contribution in [-0.4, -0.2) is 37.4 Å². The monoisotopic (exact) mass is 214 g/mol. The number of rotatable bonds is 3. The summed E-state index contributed by atoms with van der Waals surface area (Å²) in [6.07, 6.45) is 0. The number of nitrogens with zero attached hydrogens (tertiary/aromatic N) is 1. The lowest BCUT2D eigenvalue weighted by molar-refractivity contribution is -0.139. The van der Waals surface area contributed by atoms with Crippen LogP contribution in [0.1, 0.15) is 27.7 Å². The normalized spacial score (nSPS) is 13.2. The summed E-state index contributed by atoms with van der Waals surface area (Å²) >= 11 is 0. The van der Waals surface area contributed by atoms with Gasteiger partial charge in [0.2, 0.25) is 11.8 Å². The van der Waals surface area contributed by atoms with Crippen LogP contribution < -0.4 is 5.32 Å². The zero-order chi connectivity index (χ0) is 12.2. The Labute approximate surface area is 92.0 Å². The van der Waals surface area contributed by atoms with Gasteiger partial charge >= 0.3 is 0 Å². The molecular weight excluding hydrogens is 192 g/mol. The van der Waals surface area contributed by atoms with Crippen LogP contribution in [0.5, 0.6) is 0 Å². The average molecular weight is 214 g/mol. The van der Waals surface area contributed by atoms with Gasteiger partial charge < -0.3 is 10.2 Å². The van der Waals surface area contributed by atoms with Gasteiger partial charge in [-0.25, -0.2) is 0 Å². The zero-order valence-corrected chi connectivity index (χ0v) is 10.5. The molecule has 0 aliphatic heterocycles. The topological polar surface area (TPSA) is 49.4 Å². The third kappa shape index (κ3) is 4.32. The Kier molecular flexibility index (Phi) is 4.78. The Balaban J connectivity index is 4.32. The van der Waals surface area contributed by atoms with E-state index < -0.39 is 5.41 Å². The van der Waals surface area contributed by atoms with Crippen molar-refractivity contribution in [3.8, 4) is 0 Å². The molecule has 0 radical (unpaired) electrons. The molecule has 0 fully saturated rings. The first-order valence-corrected chi connectivity index (χ1v) is 5.17. The van der Waals surface area contributed by atoms with E-state index in [-0.39, 0.29) is 17.7 Å². The van der Waals surface area contributed by atoms with E-state index in [1.165, 1.54) is 0 Å². The van der Waals surface area contributed by atoms with Crippen molar-refractivity contribution in [2.45, 2.75) is 27.7 Å². The van der Waals surface area contributed by atoms with Crippen LogP contribution in [0.3, 0.4) is 0 Å². The maximum Gasteiger partial charge on any atom is 0.227 e. The van der Waals surface area contributed by atoms with E-state index in [1.54, 1.807) is 19.0 Å². The van der Waals surface area contributed by atoms with Gasteiger partial charge in [0.15, 0.2) is 0 Å². The number of nitrogens with one attached hydrogen (secondary N) is 1. The van der Waals surface area contributed by atoms with E-state index in [2.05, 4.69) is 5.32 Å². The van der Waals surface area contributed by atoms with Crippen LogP contribution >= 0.6 is 0 Å². The fraction of sp³-hybridized carbons (Fsp3) is 0.818. The van der Waals surface area contributed by atoms with Crippen molar-refractivity contribution >= 4 is 11.8 Å². The highest BCUT2D eigenvalue weighted by Crippen LogP contribution is 2.17. The lowest BCUT2D eigenvalue weighted by Crippen LogP contribution is -2.42. The summed E-state index contributed by atoms with van der Waals surface area (Å²) in [5, 5.41) is 2.57. The van der Waals surface area contributed by atoms with Gasteiger partial charge in [-0.05, 0) is 0 Å². The van der Waals surface area contributed by atoms with Gasteiger partial charge in [-0.2, -0.15) is 0 Å². The van der Waals surface area contributed by atoms with Gasteiger partial charge in [0.1, 0.15) is 0 Å². The molecule has 88 valence electrons. The summed E-state index contributed by atoms with van der Waals surface area (Å²) in [4.78, 5) is 24.7. The van der Waals surface area contributed by atoms with Crippen molar-refractivity contribution in [2.24, 2.45) is 11.3 Å². The molecule has 4 nitrogen and oxygen atoms in total. The van der Waals surface area contributed by atoms with E-state index in [1.807, 2.05) is 27.7 Å². The molecule has 0 spiro atoms. The van der Waals surface area contributed by atoms with Crippen molar-refractivity contribution < 1.29 is 9.59 Å². The Hall–Kier alpha value is -1.06. The van der Waals surface area contributed by atoms with E-state index in [0.717, 1.165) is 0 Å². The Morgan fingerprint density at radius 3 is 2.13 bits per heavy atom. The number of amides is 2. The molecule has 0 saturated heterocycles. The van der Waals surface area contributed by atoms with Crippen molar-refractivity contribution in [3.05, 3.63) is 0 Å². The first-order chi connectivity index (χ1) is 6.70. The predicted molar refractivity (Wildman–Crippen MR) is 60.3 cm³/mol. The first-order valence-electron chi connectivity index (χ1n) is 5.17.